The Hall–Kier alpha value is -0.860. The van der Waals surface area contributed by atoms with E-state index in [2.05, 4.69) is 30.3 Å². The zero-order valence-electron chi connectivity index (χ0n) is 11.5. The maximum absolute atomic E-state index is 10.3. The quantitative estimate of drug-likeness (QED) is 0.848. The highest BCUT2D eigenvalue weighted by atomic mass is 16.5. The summed E-state index contributed by atoms with van der Waals surface area (Å²) in [5.41, 5.74) is 1.39. The SMILES string of the molecule is OC(CCCC1CCCO1)C1CC1c1ccccc1. The van der Waals surface area contributed by atoms with Gasteiger partial charge in [0.2, 0.25) is 0 Å². The number of hydrogen-bond acceptors (Lipinski definition) is 2. The minimum atomic E-state index is -0.119. The van der Waals surface area contributed by atoms with Crippen molar-refractivity contribution in [3.05, 3.63) is 35.9 Å². The topological polar surface area (TPSA) is 29.5 Å². The van der Waals surface area contributed by atoms with Crippen molar-refractivity contribution >= 4 is 0 Å². The fraction of sp³-hybridized carbons (Fsp3) is 0.647. The lowest BCUT2D eigenvalue weighted by atomic mass is 10.0. The van der Waals surface area contributed by atoms with Gasteiger partial charge < -0.3 is 9.84 Å². The molecule has 1 aliphatic heterocycles. The molecule has 0 radical (unpaired) electrons. The molecule has 2 nitrogen and oxygen atoms in total. The largest absolute Gasteiger partial charge is 0.393 e. The van der Waals surface area contributed by atoms with E-state index in [0.29, 0.717) is 17.9 Å². The van der Waals surface area contributed by atoms with Crippen molar-refractivity contribution in [1.82, 2.24) is 0 Å². The summed E-state index contributed by atoms with van der Waals surface area (Å²) in [6, 6.07) is 10.6. The van der Waals surface area contributed by atoms with Crippen LogP contribution in [0.3, 0.4) is 0 Å². The van der Waals surface area contributed by atoms with Crippen LogP contribution in [-0.2, 0) is 4.74 Å². The first-order chi connectivity index (χ1) is 9.34. The summed E-state index contributed by atoms with van der Waals surface area (Å²) < 4.78 is 5.62. The summed E-state index contributed by atoms with van der Waals surface area (Å²) in [7, 11) is 0. The van der Waals surface area contributed by atoms with Gasteiger partial charge in [-0.1, -0.05) is 30.3 Å². The summed E-state index contributed by atoms with van der Waals surface area (Å²) in [6.45, 7) is 0.936. The van der Waals surface area contributed by atoms with Crippen molar-refractivity contribution in [3.8, 4) is 0 Å². The van der Waals surface area contributed by atoms with Crippen molar-refractivity contribution in [2.75, 3.05) is 6.61 Å². The van der Waals surface area contributed by atoms with E-state index in [1.54, 1.807) is 0 Å². The molecule has 0 amide bonds. The average Bonchev–Trinajstić information content (AvgIpc) is 3.09. The molecule has 1 heterocycles. The van der Waals surface area contributed by atoms with Crippen LogP contribution in [0.1, 0.15) is 50.0 Å². The monoisotopic (exact) mass is 260 g/mol. The van der Waals surface area contributed by atoms with Crippen LogP contribution >= 0.6 is 0 Å². The third-order valence-corrected chi connectivity index (χ3v) is 4.61. The standard InChI is InChI=1S/C17H24O2/c18-17(10-4-8-14-9-5-11-19-14)16-12-15(16)13-6-2-1-3-7-13/h1-3,6-7,14-18H,4-5,8-12H2. The van der Waals surface area contributed by atoms with Gasteiger partial charge in [0.1, 0.15) is 0 Å². The zero-order chi connectivity index (χ0) is 13.1. The van der Waals surface area contributed by atoms with Gasteiger partial charge in [-0.2, -0.15) is 0 Å². The second kappa shape index (κ2) is 6.06. The lowest BCUT2D eigenvalue weighted by molar-refractivity contribution is 0.0905. The molecule has 4 atom stereocenters. The van der Waals surface area contributed by atoms with Crippen LogP contribution in [-0.4, -0.2) is 23.9 Å². The lowest BCUT2D eigenvalue weighted by Gasteiger charge is -2.13. The molecule has 2 fully saturated rings. The van der Waals surface area contributed by atoms with Gasteiger partial charge in [0.25, 0.3) is 0 Å². The molecule has 1 aliphatic carbocycles. The molecular weight excluding hydrogens is 236 g/mol. The predicted octanol–water partition coefficient (Wildman–Crippen LogP) is 3.50. The molecule has 1 N–H and O–H groups in total. The zero-order valence-corrected chi connectivity index (χ0v) is 11.5. The fourth-order valence-corrected chi connectivity index (χ4v) is 3.36. The Bertz CT molecular complexity index is 384. The molecule has 0 spiro atoms. The first kappa shape index (κ1) is 13.1. The Balaban J connectivity index is 1.39. The molecule has 2 heteroatoms. The van der Waals surface area contributed by atoms with Crippen LogP contribution < -0.4 is 0 Å². The van der Waals surface area contributed by atoms with Gasteiger partial charge in [-0.25, -0.2) is 0 Å². The minimum Gasteiger partial charge on any atom is -0.393 e. The molecule has 19 heavy (non-hydrogen) atoms. The number of ether oxygens (including phenoxy) is 1. The maximum atomic E-state index is 10.3. The molecular formula is C17H24O2. The fourth-order valence-electron chi connectivity index (χ4n) is 3.36. The van der Waals surface area contributed by atoms with Crippen LogP contribution in [0.4, 0.5) is 0 Å². The van der Waals surface area contributed by atoms with Crippen molar-refractivity contribution in [1.29, 1.82) is 0 Å². The third kappa shape index (κ3) is 3.37. The molecule has 2 aliphatic rings. The molecule has 4 unspecified atom stereocenters. The normalized spacial score (nSPS) is 31.3. The van der Waals surface area contributed by atoms with E-state index in [0.717, 1.165) is 32.3 Å². The van der Waals surface area contributed by atoms with Gasteiger partial charge in [-0.3, -0.25) is 0 Å². The number of benzene rings is 1. The Kier molecular flexibility index (Phi) is 4.19. The number of rotatable bonds is 6. The molecule has 1 aromatic rings. The van der Waals surface area contributed by atoms with E-state index in [1.165, 1.54) is 18.4 Å². The predicted molar refractivity (Wildman–Crippen MR) is 76.1 cm³/mol. The van der Waals surface area contributed by atoms with Gasteiger partial charge in [0, 0.05) is 6.61 Å². The Morgan fingerprint density at radius 2 is 2.11 bits per heavy atom. The van der Waals surface area contributed by atoms with Crippen LogP contribution in [0.25, 0.3) is 0 Å². The summed E-state index contributed by atoms with van der Waals surface area (Å²) in [6.07, 6.45) is 7.10. The second-order valence-electron chi connectivity index (χ2n) is 6.05. The molecule has 0 bridgehead atoms. The van der Waals surface area contributed by atoms with Gasteiger partial charge in [-0.15, -0.1) is 0 Å². The van der Waals surface area contributed by atoms with Gasteiger partial charge in [0.15, 0.2) is 0 Å². The van der Waals surface area contributed by atoms with Gasteiger partial charge in [0.05, 0.1) is 12.2 Å². The van der Waals surface area contributed by atoms with E-state index < -0.39 is 0 Å². The maximum Gasteiger partial charge on any atom is 0.0576 e. The van der Waals surface area contributed by atoms with Crippen LogP contribution in [0.5, 0.6) is 0 Å². The Morgan fingerprint density at radius 3 is 2.84 bits per heavy atom. The Morgan fingerprint density at radius 1 is 1.26 bits per heavy atom. The van der Waals surface area contributed by atoms with Gasteiger partial charge >= 0.3 is 0 Å². The van der Waals surface area contributed by atoms with Gasteiger partial charge in [-0.05, 0) is 55.9 Å². The number of aliphatic hydroxyl groups is 1. The summed E-state index contributed by atoms with van der Waals surface area (Å²) in [5.74, 6) is 1.09. The molecule has 1 saturated carbocycles. The average molecular weight is 260 g/mol. The highest BCUT2D eigenvalue weighted by Gasteiger charge is 2.42. The number of hydrogen-bond donors (Lipinski definition) is 1. The smallest absolute Gasteiger partial charge is 0.0576 e. The molecule has 104 valence electrons. The summed E-state index contributed by atoms with van der Waals surface area (Å²) in [4.78, 5) is 0. The van der Waals surface area contributed by atoms with E-state index in [4.69, 9.17) is 4.74 Å². The third-order valence-electron chi connectivity index (χ3n) is 4.61. The minimum absolute atomic E-state index is 0.119. The Labute approximate surface area is 115 Å². The van der Waals surface area contributed by atoms with Crippen molar-refractivity contribution in [2.24, 2.45) is 5.92 Å². The highest BCUT2D eigenvalue weighted by Crippen LogP contribution is 2.50. The van der Waals surface area contributed by atoms with Crippen molar-refractivity contribution < 1.29 is 9.84 Å². The number of aliphatic hydroxyl groups excluding tert-OH is 1. The second-order valence-corrected chi connectivity index (χ2v) is 6.05. The van der Waals surface area contributed by atoms with Crippen LogP contribution in [0, 0.1) is 5.92 Å². The molecule has 1 aromatic carbocycles. The lowest BCUT2D eigenvalue weighted by Crippen LogP contribution is -2.12. The first-order valence-corrected chi connectivity index (χ1v) is 7.69. The molecule has 3 rings (SSSR count). The van der Waals surface area contributed by atoms with Crippen molar-refractivity contribution in [3.63, 3.8) is 0 Å². The van der Waals surface area contributed by atoms with Crippen LogP contribution in [0.2, 0.25) is 0 Å². The van der Waals surface area contributed by atoms with Crippen molar-refractivity contribution in [2.45, 2.75) is 56.7 Å². The molecule has 1 saturated heterocycles. The highest BCUT2D eigenvalue weighted by molar-refractivity contribution is 5.26. The van der Waals surface area contributed by atoms with E-state index in [1.807, 2.05) is 0 Å². The summed E-state index contributed by atoms with van der Waals surface area (Å²) >= 11 is 0. The van der Waals surface area contributed by atoms with E-state index in [9.17, 15) is 5.11 Å². The molecule has 0 aromatic heterocycles. The first-order valence-electron chi connectivity index (χ1n) is 7.69. The van der Waals surface area contributed by atoms with E-state index >= 15 is 0 Å². The van der Waals surface area contributed by atoms with E-state index in [-0.39, 0.29) is 6.10 Å². The van der Waals surface area contributed by atoms with Crippen LogP contribution in [0.15, 0.2) is 30.3 Å². The summed E-state index contributed by atoms with van der Waals surface area (Å²) in [5, 5.41) is 10.3.